The quantitative estimate of drug-likeness (QED) is 0.306. The van der Waals surface area contributed by atoms with Gasteiger partial charge in [-0.3, -0.25) is 14.5 Å². The van der Waals surface area contributed by atoms with Gasteiger partial charge in [-0.2, -0.15) is 5.10 Å². The zero-order valence-corrected chi connectivity index (χ0v) is 20.5. The van der Waals surface area contributed by atoms with Crippen molar-refractivity contribution in [3.05, 3.63) is 94.9 Å². The third kappa shape index (κ3) is 6.94. The number of thioether (sulfide) groups is 1. The standard InChI is InChI=1S/C26H23ClN4O3S/c1-18(14-19-6-3-2-4-7-19)16-28-30-26-31(17-22-8-5-13-34-22)25(33)23(35-26)15-24(32)29-21-11-9-20(27)10-12-21/h2-14,16,23H,15,17H2,1H3,(H,29,32)/b18-14+,28-16+,30-26-. The topological polar surface area (TPSA) is 87.3 Å². The zero-order valence-electron chi connectivity index (χ0n) is 18.9. The summed E-state index contributed by atoms with van der Waals surface area (Å²) in [5.41, 5.74) is 2.58. The van der Waals surface area contributed by atoms with E-state index in [1.165, 1.54) is 16.7 Å². The van der Waals surface area contributed by atoms with Gasteiger partial charge in [0, 0.05) is 17.1 Å². The first-order valence-corrected chi connectivity index (χ1v) is 12.1. The van der Waals surface area contributed by atoms with E-state index >= 15 is 0 Å². The summed E-state index contributed by atoms with van der Waals surface area (Å²) in [6.45, 7) is 2.13. The average molecular weight is 507 g/mol. The van der Waals surface area contributed by atoms with Crippen LogP contribution in [0, 0.1) is 0 Å². The van der Waals surface area contributed by atoms with Crippen LogP contribution in [-0.2, 0) is 16.1 Å². The Labute approximate surface area is 212 Å². The molecule has 0 spiro atoms. The van der Waals surface area contributed by atoms with E-state index in [2.05, 4.69) is 15.5 Å². The molecule has 1 saturated heterocycles. The normalized spacial score (nSPS) is 17.5. The molecule has 1 aliphatic rings. The smallest absolute Gasteiger partial charge is 0.243 e. The minimum absolute atomic E-state index is 0.00352. The van der Waals surface area contributed by atoms with E-state index in [1.54, 1.807) is 48.9 Å². The van der Waals surface area contributed by atoms with Gasteiger partial charge in [-0.15, -0.1) is 5.10 Å². The maximum absolute atomic E-state index is 13.1. The molecule has 1 aromatic heterocycles. The highest BCUT2D eigenvalue weighted by molar-refractivity contribution is 8.15. The van der Waals surface area contributed by atoms with Crippen LogP contribution in [0.25, 0.3) is 6.08 Å². The molecule has 178 valence electrons. The highest BCUT2D eigenvalue weighted by Crippen LogP contribution is 2.31. The number of anilines is 1. The van der Waals surface area contributed by atoms with Crippen molar-refractivity contribution in [1.29, 1.82) is 0 Å². The van der Waals surface area contributed by atoms with Crippen LogP contribution in [0.5, 0.6) is 0 Å². The number of furan rings is 1. The van der Waals surface area contributed by atoms with Crippen molar-refractivity contribution >= 4 is 58.3 Å². The summed E-state index contributed by atoms with van der Waals surface area (Å²) in [6, 6.07) is 20.2. The molecule has 9 heteroatoms. The fourth-order valence-electron chi connectivity index (χ4n) is 3.35. The molecule has 1 atom stereocenters. The molecule has 35 heavy (non-hydrogen) atoms. The van der Waals surface area contributed by atoms with Crippen LogP contribution in [0.1, 0.15) is 24.7 Å². The van der Waals surface area contributed by atoms with E-state index in [0.29, 0.717) is 21.6 Å². The molecule has 2 heterocycles. The Bertz CT molecular complexity index is 1260. The maximum atomic E-state index is 13.1. The van der Waals surface area contributed by atoms with E-state index in [-0.39, 0.29) is 24.8 Å². The van der Waals surface area contributed by atoms with E-state index < -0.39 is 5.25 Å². The van der Waals surface area contributed by atoms with Crippen LogP contribution in [-0.4, -0.2) is 33.3 Å². The SMILES string of the molecule is CC(/C=N/N=C1\SC(CC(=O)Nc2ccc(Cl)cc2)C(=O)N1Cc1ccco1)=C\c1ccccc1. The summed E-state index contributed by atoms with van der Waals surface area (Å²) in [6.07, 6.45) is 5.17. The van der Waals surface area contributed by atoms with Crippen molar-refractivity contribution in [2.75, 3.05) is 5.32 Å². The predicted molar refractivity (Wildman–Crippen MR) is 141 cm³/mol. The van der Waals surface area contributed by atoms with Crippen molar-refractivity contribution in [3.63, 3.8) is 0 Å². The van der Waals surface area contributed by atoms with Crippen molar-refractivity contribution < 1.29 is 14.0 Å². The van der Waals surface area contributed by atoms with Crippen LogP contribution in [0.4, 0.5) is 5.69 Å². The molecule has 2 amide bonds. The molecule has 1 aliphatic heterocycles. The summed E-state index contributed by atoms with van der Waals surface area (Å²) < 4.78 is 5.41. The number of hydrogen-bond acceptors (Lipinski definition) is 6. The molecule has 4 rings (SSSR count). The number of nitrogens with zero attached hydrogens (tertiary/aromatic N) is 3. The van der Waals surface area contributed by atoms with Crippen molar-refractivity contribution in [2.45, 2.75) is 25.1 Å². The number of amidine groups is 1. The Morgan fingerprint density at radius 1 is 1.14 bits per heavy atom. The number of rotatable bonds is 8. The van der Waals surface area contributed by atoms with E-state index in [1.807, 2.05) is 43.3 Å². The third-order valence-electron chi connectivity index (χ3n) is 5.01. The molecule has 1 N–H and O–H groups in total. The fraction of sp³-hybridized carbons (Fsp3) is 0.154. The van der Waals surface area contributed by atoms with E-state index in [4.69, 9.17) is 16.0 Å². The van der Waals surface area contributed by atoms with Gasteiger partial charge < -0.3 is 9.73 Å². The second-order valence-corrected chi connectivity index (χ2v) is 9.40. The summed E-state index contributed by atoms with van der Waals surface area (Å²) in [5, 5.41) is 11.7. The number of amides is 2. The van der Waals surface area contributed by atoms with Crippen molar-refractivity contribution in [1.82, 2.24) is 4.90 Å². The predicted octanol–water partition coefficient (Wildman–Crippen LogP) is 5.85. The van der Waals surface area contributed by atoms with Crippen LogP contribution < -0.4 is 5.32 Å². The lowest BCUT2D eigenvalue weighted by molar-refractivity contribution is -0.128. The molecule has 1 fully saturated rings. The monoisotopic (exact) mass is 506 g/mol. The van der Waals surface area contributed by atoms with Crippen LogP contribution in [0.15, 0.2) is 93.2 Å². The number of carbonyl (C=O) groups excluding carboxylic acids is 2. The lowest BCUT2D eigenvalue weighted by atomic mass is 10.1. The molecule has 3 aromatic rings. The number of nitrogens with one attached hydrogen (secondary N) is 1. The summed E-state index contributed by atoms with van der Waals surface area (Å²) in [5.74, 6) is 0.118. The minimum atomic E-state index is -0.618. The van der Waals surface area contributed by atoms with Gasteiger partial charge in [0.1, 0.15) is 11.0 Å². The average Bonchev–Trinajstić information content (AvgIpc) is 3.45. The summed E-state index contributed by atoms with van der Waals surface area (Å²) >= 11 is 7.11. The van der Waals surface area contributed by atoms with Crippen LogP contribution >= 0.6 is 23.4 Å². The van der Waals surface area contributed by atoms with Crippen LogP contribution in [0.3, 0.4) is 0 Å². The first-order chi connectivity index (χ1) is 17.0. The molecule has 1 unspecified atom stereocenters. The van der Waals surface area contributed by atoms with Crippen molar-refractivity contribution in [3.8, 4) is 0 Å². The minimum Gasteiger partial charge on any atom is -0.467 e. The number of allylic oxidation sites excluding steroid dienone is 1. The Hall–Kier alpha value is -3.62. The van der Waals surface area contributed by atoms with Crippen LogP contribution in [0.2, 0.25) is 5.02 Å². The second kappa shape index (κ2) is 11.7. The second-order valence-electron chi connectivity index (χ2n) is 7.80. The molecular formula is C26H23ClN4O3S. The van der Waals surface area contributed by atoms with Gasteiger partial charge in [-0.1, -0.05) is 59.8 Å². The molecule has 2 aromatic carbocycles. The van der Waals surface area contributed by atoms with E-state index in [0.717, 1.165) is 11.1 Å². The van der Waals surface area contributed by atoms with Gasteiger partial charge in [-0.25, -0.2) is 0 Å². The number of halogens is 1. The first-order valence-electron chi connectivity index (χ1n) is 10.9. The van der Waals surface area contributed by atoms with Gasteiger partial charge in [0.05, 0.1) is 19.0 Å². The van der Waals surface area contributed by atoms with Gasteiger partial charge in [0.15, 0.2) is 5.17 Å². The lowest BCUT2D eigenvalue weighted by Crippen LogP contribution is -2.33. The number of carbonyl (C=O) groups is 2. The Morgan fingerprint density at radius 3 is 2.63 bits per heavy atom. The highest BCUT2D eigenvalue weighted by atomic mass is 35.5. The van der Waals surface area contributed by atoms with Gasteiger partial charge in [-0.05, 0) is 54.5 Å². The zero-order chi connectivity index (χ0) is 24.6. The summed E-state index contributed by atoms with van der Waals surface area (Å²) in [7, 11) is 0. The first kappa shape index (κ1) is 24.5. The summed E-state index contributed by atoms with van der Waals surface area (Å²) in [4.78, 5) is 27.2. The molecular weight excluding hydrogens is 484 g/mol. The Morgan fingerprint density at radius 2 is 1.91 bits per heavy atom. The third-order valence-corrected chi connectivity index (χ3v) is 6.43. The molecule has 0 bridgehead atoms. The van der Waals surface area contributed by atoms with Crippen molar-refractivity contribution in [2.24, 2.45) is 10.2 Å². The fourth-order valence-corrected chi connectivity index (χ4v) is 4.57. The molecule has 7 nitrogen and oxygen atoms in total. The molecule has 0 saturated carbocycles. The Kier molecular flexibility index (Phi) is 8.18. The maximum Gasteiger partial charge on any atom is 0.243 e. The number of hydrogen-bond donors (Lipinski definition) is 1. The number of benzene rings is 2. The molecule has 0 radical (unpaired) electrons. The van der Waals surface area contributed by atoms with Gasteiger partial charge >= 0.3 is 0 Å². The largest absolute Gasteiger partial charge is 0.467 e. The lowest BCUT2D eigenvalue weighted by Gasteiger charge is -2.14. The van der Waals surface area contributed by atoms with Gasteiger partial charge in [0.2, 0.25) is 11.8 Å². The highest BCUT2D eigenvalue weighted by Gasteiger charge is 2.39. The van der Waals surface area contributed by atoms with E-state index in [9.17, 15) is 9.59 Å². The molecule has 0 aliphatic carbocycles. The Balaban J connectivity index is 1.47. The van der Waals surface area contributed by atoms with Gasteiger partial charge in [0.25, 0.3) is 0 Å².